The Kier molecular flexibility index (Phi) is 2.56. The predicted molar refractivity (Wildman–Crippen MR) is 71.2 cm³/mol. The fourth-order valence-corrected chi connectivity index (χ4v) is 2.11. The highest BCUT2D eigenvalue weighted by Crippen LogP contribution is 2.27. The lowest BCUT2D eigenvalue weighted by molar-refractivity contribution is 0.584. The third-order valence-corrected chi connectivity index (χ3v) is 3.14. The summed E-state index contributed by atoms with van der Waals surface area (Å²) in [6, 6.07) is 3.83. The van der Waals surface area contributed by atoms with Gasteiger partial charge >= 0.3 is 0 Å². The van der Waals surface area contributed by atoms with Crippen molar-refractivity contribution in [3.05, 3.63) is 23.7 Å². The Morgan fingerprint density at radius 1 is 1.28 bits per heavy atom. The van der Waals surface area contributed by atoms with Gasteiger partial charge in [-0.25, -0.2) is 4.98 Å². The van der Waals surface area contributed by atoms with Crippen LogP contribution in [-0.2, 0) is 0 Å². The van der Waals surface area contributed by atoms with Gasteiger partial charge in [-0.15, -0.1) is 21.5 Å². The molecule has 0 bridgehead atoms. The fourth-order valence-electron chi connectivity index (χ4n) is 1.46. The van der Waals surface area contributed by atoms with E-state index in [4.69, 9.17) is 10.2 Å². The van der Waals surface area contributed by atoms with Crippen LogP contribution < -0.4 is 11.3 Å². The molecule has 3 heterocycles. The highest BCUT2D eigenvalue weighted by Gasteiger charge is 2.15. The van der Waals surface area contributed by atoms with Crippen LogP contribution in [0.25, 0.3) is 22.4 Å². The second-order valence-electron chi connectivity index (χ2n) is 3.63. The zero-order valence-electron chi connectivity index (χ0n) is 9.49. The number of nitrogen functional groups attached to an aromatic ring is 1. The van der Waals surface area contributed by atoms with E-state index in [0.717, 1.165) is 10.5 Å². The number of thiophene rings is 1. The van der Waals surface area contributed by atoms with Crippen LogP contribution in [0.4, 0.5) is 5.82 Å². The number of hydrogen-bond acceptors (Lipinski definition) is 7. The number of aromatic nitrogens is 4. The molecule has 3 aromatic heterocycles. The van der Waals surface area contributed by atoms with Crippen LogP contribution in [-0.4, -0.2) is 28.0 Å². The first-order chi connectivity index (χ1) is 8.74. The molecule has 88 valence electrons. The Morgan fingerprint density at radius 2 is 2.11 bits per heavy atom. The molecule has 0 aliphatic heterocycles. The first kappa shape index (κ1) is 10.9. The maximum absolute atomic E-state index is 5.75. The van der Waals surface area contributed by atoms with Crippen LogP contribution in [0.1, 0.15) is 0 Å². The monoisotopic (exact) mass is 257 g/mol. The summed E-state index contributed by atoms with van der Waals surface area (Å²) < 4.78 is 5.56. The van der Waals surface area contributed by atoms with Crippen molar-refractivity contribution in [3.8, 4) is 22.4 Å². The molecule has 8 heteroatoms. The lowest BCUT2D eigenvalue weighted by Crippen LogP contribution is -2.12. The molecular formula is C10H8BN5OS. The smallest absolute Gasteiger partial charge is 0.270 e. The first-order valence-electron chi connectivity index (χ1n) is 5.21. The van der Waals surface area contributed by atoms with E-state index < -0.39 is 0 Å². The summed E-state index contributed by atoms with van der Waals surface area (Å²) in [6.07, 6.45) is 1.59. The molecule has 0 saturated heterocycles. The summed E-state index contributed by atoms with van der Waals surface area (Å²) in [4.78, 5) is 9.18. The Balaban J connectivity index is 2.05. The minimum Gasteiger partial charge on any atom is -0.414 e. The molecule has 0 saturated carbocycles. The van der Waals surface area contributed by atoms with E-state index in [-0.39, 0.29) is 11.7 Å². The molecule has 2 N–H and O–H groups in total. The lowest BCUT2D eigenvalue weighted by Gasteiger charge is -1.99. The van der Waals surface area contributed by atoms with Crippen LogP contribution in [0.15, 0.2) is 28.1 Å². The Morgan fingerprint density at radius 3 is 2.89 bits per heavy atom. The van der Waals surface area contributed by atoms with Gasteiger partial charge in [0.05, 0.1) is 4.88 Å². The van der Waals surface area contributed by atoms with E-state index in [2.05, 4.69) is 20.2 Å². The Bertz CT molecular complexity index is 681. The topological polar surface area (TPSA) is 90.7 Å². The van der Waals surface area contributed by atoms with E-state index in [1.807, 2.05) is 25.4 Å². The molecule has 18 heavy (non-hydrogen) atoms. The molecular weight excluding hydrogens is 249 g/mol. The number of hydrogen-bond donors (Lipinski definition) is 1. The standard InChI is InChI=1S/C10H8BN5OS/c11-6-4-13-8(12)7(14-6)10-16-15-9(17-10)5-2-1-3-18-5/h1-4H,11H2,(H2,12,13). The highest BCUT2D eigenvalue weighted by atomic mass is 32.1. The average molecular weight is 257 g/mol. The van der Waals surface area contributed by atoms with Gasteiger partial charge in [-0.3, -0.25) is 4.98 Å². The quantitative estimate of drug-likeness (QED) is 0.654. The van der Waals surface area contributed by atoms with Crippen molar-refractivity contribution in [2.75, 3.05) is 5.73 Å². The van der Waals surface area contributed by atoms with Crippen molar-refractivity contribution in [3.63, 3.8) is 0 Å². The van der Waals surface area contributed by atoms with Gasteiger partial charge in [0.2, 0.25) is 0 Å². The molecule has 0 fully saturated rings. The SMILES string of the molecule is Bc1cnc(N)c(-c2nnc(-c3cccs3)o2)n1. The summed E-state index contributed by atoms with van der Waals surface area (Å²) >= 11 is 1.53. The molecule has 0 amide bonds. The van der Waals surface area contributed by atoms with Gasteiger partial charge in [0.1, 0.15) is 0 Å². The number of nitrogens with two attached hydrogens (primary N) is 1. The summed E-state index contributed by atoms with van der Waals surface area (Å²) in [5.74, 6) is 1.02. The third kappa shape index (κ3) is 1.86. The molecule has 0 spiro atoms. The third-order valence-electron chi connectivity index (χ3n) is 2.28. The number of anilines is 1. The molecule has 0 aliphatic carbocycles. The van der Waals surface area contributed by atoms with Crippen LogP contribution in [0, 0.1) is 0 Å². The first-order valence-corrected chi connectivity index (χ1v) is 6.09. The van der Waals surface area contributed by atoms with Crippen LogP contribution in [0.5, 0.6) is 0 Å². The number of nitrogens with zero attached hydrogens (tertiary/aromatic N) is 4. The van der Waals surface area contributed by atoms with E-state index in [0.29, 0.717) is 11.6 Å². The molecule has 0 unspecified atom stereocenters. The second-order valence-corrected chi connectivity index (χ2v) is 4.58. The molecule has 6 nitrogen and oxygen atoms in total. The maximum atomic E-state index is 5.75. The zero-order chi connectivity index (χ0) is 12.5. The maximum Gasteiger partial charge on any atom is 0.270 e. The van der Waals surface area contributed by atoms with Gasteiger partial charge < -0.3 is 10.2 Å². The van der Waals surface area contributed by atoms with Crippen molar-refractivity contribution in [2.24, 2.45) is 0 Å². The van der Waals surface area contributed by atoms with Crippen LogP contribution in [0.2, 0.25) is 0 Å². The van der Waals surface area contributed by atoms with Crippen LogP contribution in [0.3, 0.4) is 0 Å². The molecule has 0 aromatic carbocycles. The van der Waals surface area contributed by atoms with Crippen molar-refractivity contribution >= 4 is 30.6 Å². The van der Waals surface area contributed by atoms with Gasteiger partial charge in [-0.1, -0.05) is 6.07 Å². The summed E-state index contributed by atoms with van der Waals surface area (Å²) in [7, 11) is 1.83. The highest BCUT2D eigenvalue weighted by molar-refractivity contribution is 7.13. The minimum absolute atomic E-state index is 0.280. The zero-order valence-corrected chi connectivity index (χ0v) is 10.3. The molecule has 0 radical (unpaired) electrons. The summed E-state index contributed by atoms with van der Waals surface area (Å²) in [5.41, 5.74) is 6.92. The lowest BCUT2D eigenvalue weighted by atomic mass is 10.1. The fraction of sp³-hybridized carbons (Fsp3) is 0. The van der Waals surface area contributed by atoms with E-state index in [1.165, 1.54) is 11.3 Å². The average Bonchev–Trinajstić information content (AvgIpc) is 3.00. The van der Waals surface area contributed by atoms with Gasteiger partial charge in [0.15, 0.2) is 19.4 Å². The van der Waals surface area contributed by atoms with Gasteiger partial charge in [-0.05, 0) is 11.4 Å². The van der Waals surface area contributed by atoms with E-state index in [9.17, 15) is 0 Å². The van der Waals surface area contributed by atoms with Crippen molar-refractivity contribution in [1.29, 1.82) is 0 Å². The van der Waals surface area contributed by atoms with E-state index in [1.54, 1.807) is 6.20 Å². The molecule has 0 aliphatic rings. The Hall–Kier alpha value is -2.22. The van der Waals surface area contributed by atoms with Crippen molar-refractivity contribution in [1.82, 2.24) is 20.2 Å². The minimum atomic E-state index is 0.280. The molecule has 3 rings (SSSR count). The van der Waals surface area contributed by atoms with Gasteiger partial charge in [0.25, 0.3) is 11.8 Å². The second kappa shape index (κ2) is 4.23. The largest absolute Gasteiger partial charge is 0.414 e. The van der Waals surface area contributed by atoms with Crippen LogP contribution >= 0.6 is 11.3 Å². The Labute approximate surface area is 107 Å². The molecule has 3 aromatic rings. The van der Waals surface area contributed by atoms with Gasteiger partial charge in [-0.2, -0.15) is 0 Å². The summed E-state index contributed by atoms with van der Waals surface area (Å²) in [5, 5.41) is 9.87. The number of rotatable bonds is 2. The van der Waals surface area contributed by atoms with E-state index >= 15 is 0 Å². The normalized spacial score (nSPS) is 10.7. The summed E-state index contributed by atoms with van der Waals surface area (Å²) in [6.45, 7) is 0. The predicted octanol–water partition coefficient (Wildman–Crippen LogP) is 0.0957. The van der Waals surface area contributed by atoms with Gasteiger partial charge in [0, 0.05) is 11.8 Å². The van der Waals surface area contributed by atoms with Crippen molar-refractivity contribution in [2.45, 2.75) is 0 Å². The molecule has 0 atom stereocenters. The van der Waals surface area contributed by atoms with Crippen molar-refractivity contribution < 1.29 is 4.42 Å².